The molecule has 1 heterocycles. The SMILES string of the molecule is CCC(O)(c1cscc1Br)C1CCC1. The summed E-state index contributed by atoms with van der Waals surface area (Å²) in [6, 6.07) is 0. The van der Waals surface area contributed by atoms with Crippen LogP contribution in [0.4, 0.5) is 0 Å². The molecule has 1 aliphatic carbocycles. The average molecular weight is 275 g/mol. The molecule has 1 aliphatic rings. The Labute approximate surface area is 97.3 Å². The fourth-order valence-corrected chi connectivity index (χ4v) is 3.89. The van der Waals surface area contributed by atoms with Gasteiger partial charge in [0.25, 0.3) is 0 Å². The second kappa shape index (κ2) is 3.95. The molecule has 78 valence electrons. The third-order valence-electron chi connectivity index (χ3n) is 3.40. The Hall–Kier alpha value is 0.140. The maximum Gasteiger partial charge on any atom is 0.0940 e. The van der Waals surface area contributed by atoms with Crippen LogP contribution in [0.3, 0.4) is 0 Å². The van der Waals surface area contributed by atoms with E-state index in [2.05, 4.69) is 33.6 Å². The molecule has 1 unspecified atom stereocenters. The summed E-state index contributed by atoms with van der Waals surface area (Å²) in [5.74, 6) is 0.471. The van der Waals surface area contributed by atoms with Crippen molar-refractivity contribution in [3.05, 3.63) is 20.8 Å². The predicted molar refractivity (Wildman–Crippen MR) is 63.5 cm³/mol. The van der Waals surface area contributed by atoms with Gasteiger partial charge in [-0.3, -0.25) is 0 Å². The third-order valence-corrected chi connectivity index (χ3v) is 5.10. The highest BCUT2D eigenvalue weighted by molar-refractivity contribution is 9.10. The molecule has 1 fully saturated rings. The molecule has 1 saturated carbocycles. The van der Waals surface area contributed by atoms with E-state index >= 15 is 0 Å². The fraction of sp³-hybridized carbons (Fsp3) is 0.636. The molecule has 1 N–H and O–H groups in total. The van der Waals surface area contributed by atoms with Crippen LogP contribution in [0.2, 0.25) is 0 Å². The first-order chi connectivity index (χ1) is 6.68. The quantitative estimate of drug-likeness (QED) is 0.886. The molecule has 0 bridgehead atoms. The zero-order valence-corrected chi connectivity index (χ0v) is 10.7. The largest absolute Gasteiger partial charge is 0.385 e. The van der Waals surface area contributed by atoms with Gasteiger partial charge in [-0.1, -0.05) is 13.3 Å². The molecular formula is C11H15BrOS. The van der Waals surface area contributed by atoms with Crippen molar-refractivity contribution in [2.24, 2.45) is 5.92 Å². The van der Waals surface area contributed by atoms with Gasteiger partial charge in [0, 0.05) is 15.4 Å². The molecule has 2 rings (SSSR count). The van der Waals surface area contributed by atoms with E-state index in [1.807, 2.05) is 0 Å². The van der Waals surface area contributed by atoms with E-state index in [-0.39, 0.29) is 0 Å². The summed E-state index contributed by atoms with van der Waals surface area (Å²) in [7, 11) is 0. The van der Waals surface area contributed by atoms with Crippen LogP contribution >= 0.6 is 27.3 Å². The standard InChI is InChI=1S/C11H15BrOS/c1-2-11(13,8-4-3-5-8)9-6-14-7-10(9)12/h6-8,13H,2-5H2,1H3. The fourth-order valence-electron chi connectivity index (χ4n) is 2.18. The first kappa shape index (κ1) is 10.7. The van der Waals surface area contributed by atoms with Crippen molar-refractivity contribution in [3.8, 4) is 0 Å². The van der Waals surface area contributed by atoms with Gasteiger partial charge in [-0.15, -0.1) is 0 Å². The van der Waals surface area contributed by atoms with Crippen molar-refractivity contribution in [1.29, 1.82) is 0 Å². The average Bonchev–Trinajstić information content (AvgIpc) is 2.48. The van der Waals surface area contributed by atoms with E-state index < -0.39 is 5.60 Å². The van der Waals surface area contributed by atoms with E-state index in [0.717, 1.165) is 16.5 Å². The molecule has 14 heavy (non-hydrogen) atoms. The second-order valence-corrected chi connectivity index (χ2v) is 5.64. The van der Waals surface area contributed by atoms with Gasteiger partial charge < -0.3 is 5.11 Å². The smallest absolute Gasteiger partial charge is 0.0940 e. The number of halogens is 1. The summed E-state index contributed by atoms with van der Waals surface area (Å²) in [5.41, 5.74) is 0.506. The van der Waals surface area contributed by atoms with E-state index in [0.29, 0.717) is 5.92 Å². The minimum atomic E-state index is -0.586. The monoisotopic (exact) mass is 274 g/mol. The normalized spacial score (nSPS) is 21.6. The van der Waals surface area contributed by atoms with Crippen molar-refractivity contribution in [2.45, 2.75) is 38.2 Å². The molecule has 0 aromatic carbocycles. The van der Waals surface area contributed by atoms with Gasteiger partial charge in [0.2, 0.25) is 0 Å². The van der Waals surface area contributed by atoms with Crippen LogP contribution in [0.15, 0.2) is 15.2 Å². The number of aliphatic hydroxyl groups is 1. The molecule has 0 radical (unpaired) electrons. The van der Waals surface area contributed by atoms with Gasteiger partial charge in [-0.2, -0.15) is 11.3 Å². The van der Waals surface area contributed by atoms with Gasteiger partial charge in [0.15, 0.2) is 0 Å². The molecule has 1 atom stereocenters. The lowest BCUT2D eigenvalue weighted by molar-refractivity contribution is -0.0597. The summed E-state index contributed by atoms with van der Waals surface area (Å²) >= 11 is 5.17. The van der Waals surface area contributed by atoms with Crippen molar-refractivity contribution >= 4 is 27.3 Å². The molecule has 3 heteroatoms. The summed E-state index contributed by atoms with van der Waals surface area (Å²) in [4.78, 5) is 0. The van der Waals surface area contributed by atoms with Crippen LogP contribution in [0.5, 0.6) is 0 Å². The molecule has 0 spiro atoms. The molecular weight excluding hydrogens is 260 g/mol. The van der Waals surface area contributed by atoms with Crippen molar-refractivity contribution in [2.75, 3.05) is 0 Å². The van der Waals surface area contributed by atoms with E-state index in [1.165, 1.54) is 19.3 Å². The maximum absolute atomic E-state index is 10.7. The van der Waals surface area contributed by atoms with Crippen LogP contribution in [-0.2, 0) is 5.60 Å². The van der Waals surface area contributed by atoms with E-state index in [4.69, 9.17) is 0 Å². The van der Waals surface area contributed by atoms with Gasteiger partial charge in [0.1, 0.15) is 0 Å². The number of thiophene rings is 1. The second-order valence-electron chi connectivity index (χ2n) is 4.04. The topological polar surface area (TPSA) is 20.2 Å². The first-order valence-electron chi connectivity index (χ1n) is 5.13. The Morgan fingerprint density at radius 1 is 1.57 bits per heavy atom. The number of hydrogen-bond donors (Lipinski definition) is 1. The number of rotatable bonds is 3. The summed E-state index contributed by atoms with van der Waals surface area (Å²) in [6.45, 7) is 2.07. The molecule has 1 nitrogen and oxygen atoms in total. The van der Waals surface area contributed by atoms with E-state index in [9.17, 15) is 5.11 Å². The Kier molecular flexibility index (Phi) is 3.01. The first-order valence-corrected chi connectivity index (χ1v) is 6.86. The summed E-state index contributed by atoms with van der Waals surface area (Å²) in [5, 5.41) is 14.8. The van der Waals surface area contributed by atoms with Crippen LogP contribution in [0, 0.1) is 5.92 Å². The molecule has 0 saturated heterocycles. The van der Waals surface area contributed by atoms with Gasteiger partial charge >= 0.3 is 0 Å². The lowest BCUT2D eigenvalue weighted by atomic mass is 9.69. The highest BCUT2D eigenvalue weighted by atomic mass is 79.9. The van der Waals surface area contributed by atoms with Crippen LogP contribution < -0.4 is 0 Å². The summed E-state index contributed by atoms with van der Waals surface area (Å²) in [6.07, 6.45) is 4.43. The minimum Gasteiger partial charge on any atom is -0.385 e. The van der Waals surface area contributed by atoms with Crippen molar-refractivity contribution < 1.29 is 5.11 Å². The molecule has 0 amide bonds. The Bertz CT molecular complexity index is 319. The lowest BCUT2D eigenvalue weighted by Gasteiger charge is -2.41. The van der Waals surface area contributed by atoms with E-state index in [1.54, 1.807) is 11.3 Å². The number of hydrogen-bond acceptors (Lipinski definition) is 2. The van der Waals surface area contributed by atoms with Crippen LogP contribution in [0.25, 0.3) is 0 Å². The minimum absolute atomic E-state index is 0.471. The van der Waals surface area contributed by atoms with Gasteiger partial charge in [-0.25, -0.2) is 0 Å². The van der Waals surface area contributed by atoms with Crippen molar-refractivity contribution in [1.82, 2.24) is 0 Å². The van der Waals surface area contributed by atoms with Crippen molar-refractivity contribution in [3.63, 3.8) is 0 Å². The van der Waals surface area contributed by atoms with Crippen LogP contribution in [0.1, 0.15) is 38.2 Å². The Morgan fingerprint density at radius 2 is 2.29 bits per heavy atom. The summed E-state index contributed by atoms with van der Waals surface area (Å²) < 4.78 is 1.07. The molecule has 1 aromatic heterocycles. The molecule has 0 aliphatic heterocycles. The Balaban J connectivity index is 2.31. The van der Waals surface area contributed by atoms with Gasteiger partial charge in [0.05, 0.1) is 5.60 Å². The maximum atomic E-state index is 10.7. The molecule has 1 aromatic rings. The zero-order chi connectivity index (χ0) is 10.2. The highest BCUT2D eigenvalue weighted by Gasteiger charge is 2.41. The third kappa shape index (κ3) is 1.55. The Morgan fingerprint density at radius 3 is 2.64 bits per heavy atom. The van der Waals surface area contributed by atoms with Crippen LogP contribution in [-0.4, -0.2) is 5.11 Å². The predicted octanol–water partition coefficient (Wildman–Crippen LogP) is 3.91. The zero-order valence-electron chi connectivity index (χ0n) is 8.29. The lowest BCUT2D eigenvalue weighted by Crippen LogP contribution is -2.38. The van der Waals surface area contributed by atoms with Gasteiger partial charge in [-0.05, 0) is 46.5 Å². The highest BCUT2D eigenvalue weighted by Crippen LogP contribution is 2.47.